The van der Waals surface area contributed by atoms with Crippen LogP contribution < -0.4 is 14.8 Å². The van der Waals surface area contributed by atoms with Crippen LogP contribution in [0.3, 0.4) is 0 Å². The zero-order valence-corrected chi connectivity index (χ0v) is 19.0. The highest BCUT2D eigenvalue weighted by molar-refractivity contribution is 6.00. The summed E-state index contributed by atoms with van der Waals surface area (Å²) in [4.78, 5) is 31.4. The smallest absolute Gasteiger partial charge is 0.247 e. The van der Waals surface area contributed by atoms with Crippen molar-refractivity contribution < 1.29 is 19.1 Å². The summed E-state index contributed by atoms with van der Waals surface area (Å²) >= 11 is 0. The maximum Gasteiger partial charge on any atom is 0.247 e. The van der Waals surface area contributed by atoms with Crippen molar-refractivity contribution in [2.75, 3.05) is 19.0 Å². The number of anilines is 1. The number of hydrogen-bond donors (Lipinski definition) is 1. The number of hydrogen-bond acceptors (Lipinski definition) is 5. The Labute approximate surface area is 199 Å². The number of nitrogens with one attached hydrogen (secondary N) is 1. The minimum atomic E-state index is -0.485. The summed E-state index contributed by atoms with van der Waals surface area (Å²) in [7, 11) is 1.59. The molecule has 0 bridgehead atoms. The average molecular weight is 458 g/mol. The molecular formula is C27H27N3O4. The van der Waals surface area contributed by atoms with E-state index in [0.717, 1.165) is 23.4 Å². The molecule has 1 fully saturated rings. The molecule has 34 heavy (non-hydrogen) atoms. The van der Waals surface area contributed by atoms with Crippen LogP contribution in [-0.2, 0) is 16.2 Å². The quantitative estimate of drug-likeness (QED) is 0.510. The first-order valence-electron chi connectivity index (χ1n) is 11.2. The molecule has 7 nitrogen and oxygen atoms in total. The topological polar surface area (TPSA) is 80.8 Å². The Morgan fingerprint density at radius 1 is 1.06 bits per heavy atom. The number of nitrogens with zero attached hydrogens (tertiary/aromatic N) is 2. The first-order chi connectivity index (χ1) is 16.6. The van der Waals surface area contributed by atoms with Gasteiger partial charge in [0.1, 0.15) is 24.1 Å². The predicted molar refractivity (Wildman–Crippen MR) is 130 cm³/mol. The van der Waals surface area contributed by atoms with Crippen LogP contribution in [0.25, 0.3) is 6.08 Å². The molecule has 1 aromatic heterocycles. The van der Waals surface area contributed by atoms with Crippen molar-refractivity contribution >= 4 is 23.6 Å². The van der Waals surface area contributed by atoms with Crippen molar-refractivity contribution in [2.45, 2.75) is 25.5 Å². The molecule has 3 aromatic rings. The van der Waals surface area contributed by atoms with Gasteiger partial charge in [-0.25, -0.2) is 0 Å². The molecule has 7 heteroatoms. The van der Waals surface area contributed by atoms with E-state index in [-0.39, 0.29) is 11.8 Å². The van der Waals surface area contributed by atoms with Gasteiger partial charge in [-0.05, 0) is 73.0 Å². The van der Waals surface area contributed by atoms with Crippen LogP contribution in [0.1, 0.15) is 24.1 Å². The Kier molecular flexibility index (Phi) is 7.55. The van der Waals surface area contributed by atoms with Crippen LogP contribution >= 0.6 is 0 Å². The van der Waals surface area contributed by atoms with Gasteiger partial charge in [-0.15, -0.1) is 0 Å². The summed E-state index contributed by atoms with van der Waals surface area (Å²) in [5.74, 6) is 1.08. The van der Waals surface area contributed by atoms with Crippen molar-refractivity contribution in [3.63, 3.8) is 0 Å². The number of amides is 2. The van der Waals surface area contributed by atoms with Gasteiger partial charge in [-0.3, -0.25) is 14.6 Å². The molecule has 1 atom stereocenters. The second-order valence-electron chi connectivity index (χ2n) is 7.92. The Balaban J connectivity index is 1.31. The summed E-state index contributed by atoms with van der Waals surface area (Å²) in [6, 6.07) is 19.8. The molecule has 2 aromatic carbocycles. The van der Waals surface area contributed by atoms with Crippen molar-refractivity contribution in [1.82, 2.24) is 9.88 Å². The number of aromatic nitrogens is 1. The van der Waals surface area contributed by atoms with E-state index in [4.69, 9.17) is 9.47 Å². The number of likely N-dealkylation sites (tertiary alicyclic amines) is 1. The van der Waals surface area contributed by atoms with Crippen LogP contribution in [0.15, 0.2) is 79.0 Å². The zero-order chi connectivity index (χ0) is 23.8. The highest BCUT2D eigenvalue weighted by Gasteiger charge is 2.33. The minimum absolute atomic E-state index is 0.178. The number of carbonyl (C=O) groups excluding carboxylic acids is 2. The average Bonchev–Trinajstić information content (AvgIpc) is 3.38. The molecule has 4 rings (SSSR count). The van der Waals surface area contributed by atoms with E-state index in [0.29, 0.717) is 31.0 Å². The third-order valence-corrected chi connectivity index (χ3v) is 5.61. The van der Waals surface area contributed by atoms with E-state index < -0.39 is 6.04 Å². The maximum absolute atomic E-state index is 12.8. The molecule has 2 amide bonds. The monoisotopic (exact) mass is 457 g/mol. The Morgan fingerprint density at radius 3 is 2.53 bits per heavy atom. The van der Waals surface area contributed by atoms with Gasteiger partial charge in [0.05, 0.1) is 12.8 Å². The van der Waals surface area contributed by atoms with Crippen molar-refractivity contribution in [3.8, 4) is 11.5 Å². The van der Waals surface area contributed by atoms with Crippen LogP contribution in [-0.4, -0.2) is 41.4 Å². The van der Waals surface area contributed by atoms with E-state index in [1.54, 1.807) is 48.5 Å². The molecule has 1 aliphatic rings. The maximum atomic E-state index is 12.8. The fourth-order valence-electron chi connectivity index (χ4n) is 3.78. The first kappa shape index (κ1) is 23.0. The summed E-state index contributed by atoms with van der Waals surface area (Å²) in [6.45, 7) is 0.952. The number of methoxy groups -OCH3 is 1. The molecule has 1 aliphatic heterocycles. The molecule has 174 valence electrons. The van der Waals surface area contributed by atoms with Gasteiger partial charge in [0.25, 0.3) is 0 Å². The molecule has 0 aliphatic carbocycles. The molecule has 1 unspecified atom stereocenters. The lowest BCUT2D eigenvalue weighted by atomic mass is 10.1. The van der Waals surface area contributed by atoms with Crippen molar-refractivity contribution in [1.29, 1.82) is 0 Å². The molecule has 0 spiro atoms. The number of carbonyl (C=O) groups is 2. The largest absolute Gasteiger partial charge is 0.497 e. The van der Waals surface area contributed by atoms with Gasteiger partial charge in [-0.1, -0.05) is 18.2 Å². The fourth-order valence-corrected chi connectivity index (χ4v) is 3.78. The third kappa shape index (κ3) is 6.01. The van der Waals surface area contributed by atoms with E-state index >= 15 is 0 Å². The van der Waals surface area contributed by atoms with Crippen molar-refractivity contribution in [2.24, 2.45) is 0 Å². The highest BCUT2D eigenvalue weighted by Crippen LogP contribution is 2.22. The lowest BCUT2D eigenvalue weighted by Gasteiger charge is -2.22. The van der Waals surface area contributed by atoms with Crippen LogP contribution in [0, 0.1) is 0 Å². The van der Waals surface area contributed by atoms with Gasteiger partial charge in [-0.2, -0.15) is 0 Å². The summed E-state index contributed by atoms with van der Waals surface area (Å²) in [5, 5.41) is 2.89. The SMILES string of the molecule is COc1ccc(NC(=O)C2CCCN2C(=O)C=Cc2ccc(OCc3ccccn3)cc2)cc1. The van der Waals surface area contributed by atoms with Crippen molar-refractivity contribution in [3.05, 3.63) is 90.3 Å². The first-order valence-corrected chi connectivity index (χ1v) is 11.2. The van der Waals surface area contributed by atoms with Gasteiger partial charge in [0.2, 0.25) is 11.8 Å². The van der Waals surface area contributed by atoms with Gasteiger partial charge >= 0.3 is 0 Å². The second-order valence-corrected chi connectivity index (χ2v) is 7.92. The number of pyridine rings is 1. The summed E-state index contributed by atoms with van der Waals surface area (Å²) in [5.41, 5.74) is 2.40. The number of benzene rings is 2. The Hall–Kier alpha value is -4.13. The lowest BCUT2D eigenvalue weighted by Crippen LogP contribution is -2.42. The van der Waals surface area contributed by atoms with Gasteiger partial charge in [0, 0.05) is 24.5 Å². The zero-order valence-electron chi connectivity index (χ0n) is 19.0. The normalized spacial score (nSPS) is 15.3. The second kappa shape index (κ2) is 11.1. The van der Waals surface area contributed by atoms with Gasteiger partial charge < -0.3 is 19.7 Å². The summed E-state index contributed by atoms with van der Waals surface area (Å²) < 4.78 is 10.9. The molecular weight excluding hydrogens is 430 g/mol. The number of ether oxygens (including phenoxy) is 2. The van der Waals surface area contributed by atoms with Gasteiger partial charge in [0.15, 0.2) is 0 Å². The van der Waals surface area contributed by atoms with E-state index in [1.165, 1.54) is 6.08 Å². The number of rotatable bonds is 8. The fraction of sp³-hybridized carbons (Fsp3) is 0.222. The van der Waals surface area contributed by atoms with Crippen LogP contribution in [0.2, 0.25) is 0 Å². The lowest BCUT2D eigenvalue weighted by molar-refractivity contribution is -0.132. The predicted octanol–water partition coefficient (Wildman–Crippen LogP) is 4.31. The Bertz CT molecular complexity index is 1130. The summed E-state index contributed by atoms with van der Waals surface area (Å²) in [6.07, 6.45) is 6.44. The van der Waals surface area contributed by atoms with Crippen LogP contribution in [0.5, 0.6) is 11.5 Å². The third-order valence-electron chi connectivity index (χ3n) is 5.61. The van der Waals surface area contributed by atoms with E-state index in [1.807, 2.05) is 42.5 Å². The highest BCUT2D eigenvalue weighted by atomic mass is 16.5. The molecule has 2 heterocycles. The molecule has 1 N–H and O–H groups in total. The molecule has 0 saturated carbocycles. The standard InChI is InChI=1S/C27H27N3O4/c1-33-23-14-10-21(11-15-23)29-27(32)25-6-4-18-30(25)26(31)16-9-20-7-12-24(13-8-20)34-19-22-5-2-3-17-28-22/h2-3,5,7-17,25H,4,6,18-19H2,1H3,(H,29,32). The van der Waals surface area contributed by atoms with E-state index in [9.17, 15) is 9.59 Å². The minimum Gasteiger partial charge on any atom is -0.497 e. The Morgan fingerprint density at radius 2 is 1.82 bits per heavy atom. The van der Waals surface area contributed by atoms with Crippen LogP contribution in [0.4, 0.5) is 5.69 Å². The molecule has 0 radical (unpaired) electrons. The van der Waals surface area contributed by atoms with E-state index in [2.05, 4.69) is 10.3 Å². The molecule has 1 saturated heterocycles.